The van der Waals surface area contributed by atoms with Crippen LogP contribution in [0, 0.1) is 5.92 Å². The number of hydrogen-bond acceptors (Lipinski definition) is 2. The van der Waals surface area contributed by atoms with Gasteiger partial charge in [-0.3, -0.25) is 0 Å². The van der Waals surface area contributed by atoms with Crippen molar-refractivity contribution in [2.75, 3.05) is 19.1 Å². The van der Waals surface area contributed by atoms with Crippen molar-refractivity contribution in [3.8, 4) is 0 Å². The molecule has 0 bridgehead atoms. The van der Waals surface area contributed by atoms with Crippen LogP contribution in [-0.2, 0) is 4.74 Å². The van der Waals surface area contributed by atoms with Crippen LogP contribution in [0.4, 0.5) is 0 Å². The van der Waals surface area contributed by atoms with Crippen LogP contribution in [0.2, 0.25) is 0 Å². The quantitative estimate of drug-likeness (QED) is 0.630. The lowest BCUT2D eigenvalue weighted by molar-refractivity contribution is 0.0328. The number of hydrogen-bond donors (Lipinski definition) is 1. The highest BCUT2D eigenvalue weighted by Crippen LogP contribution is 2.01. The molecule has 1 N–H and O–H groups in total. The third kappa shape index (κ3) is 6.60. The molecule has 0 saturated carbocycles. The third-order valence-corrected chi connectivity index (χ3v) is 1.94. The molecule has 0 aliphatic rings. The van der Waals surface area contributed by atoms with Gasteiger partial charge in [-0.05, 0) is 5.92 Å². The Morgan fingerprint density at radius 3 is 2.55 bits per heavy atom. The molecule has 0 saturated heterocycles. The molecule has 2 atom stereocenters. The molecule has 2 nitrogen and oxygen atoms in total. The van der Waals surface area contributed by atoms with Gasteiger partial charge in [-0.1, -0.05) is 20.3 Å². The summed E-state index contributed by atoms with van der Waals surface area (Å²) in [6.07, 6.45) is 0.595. The van der Waals surface area contributed by atoms with E-state index >= 15 is 0 Å². The van der Waals surface area contributed by atoms with E-state index in [1.807, 2.05) is 0 Å². The van der Waals surface area contributed by atoms with Crippen molar-refractivity contribution in [1.82, 2.24) is 0 Å². The van der Waals surface area contributed by atoms with E-state index in [1.54, 1.807) is 0 Å². The Balaban J connectivity index is 3.13. The van der Waals surface area contributed by atoms with Gasteiger partial charge in [0.2, 0.25) is 0 Å². The molecular formula is C8H17ClO2. The second kappa shape index (κ2) is 6.89. The van der Waals surface area contributed by atoms with Crippen LogP contribution >= 0.6 is 11.6 Å². The van der Waals surface area contributed by atoms with Crippen LogP contribution in [0.5, 0.6) is 0 Å². The number of aliphatic hydroxyl groups is 1. The van der Waals surface area contributed by atoms with Gasteiger partial charge in [-0.2, -0.15) is 0 Å². The van der Waals surface area contributed by atoms with Gasteiger partial charge >= 0.3 is 0 Å². The average molecular weight is 181 g/mol. The molecule has 68 valence electrons. The third-order valence-electron chi connectivity index (χ3n) is 1.59. The zero-order chi connectivity index (χ0) is 8.69. The summed E-state index contributed by atoms with van der Waals surface area (Å²) in [5.41, 5.74) is 0. The van der Waals surface area contributed by atoms with Crippen LogP contribution in [0.3, 0.4) is 0 Å². The fourth-order valence-electron chi connectivity index (χ4n) is 0.568. The first-order valence-electron chi connectivity index (χ1n) is 4.02. The van der Waals surface area contributed by atoms with E-state index in [-0.39, 0.29) is 5.88 Å². The minimum absolute atomic E-state index is 0.251. The minimum atomic E-state index is -0.513. The maximum absolute atomic E-state index is 8.99. The molecule has 0 aromatic carbocycles. The summed E-state index contributed by atoms with van der Waals surface area (Å²) in [7, 11) is 0. The molecule has 0 aliphatic carbocycles. The molecule has 0 unspecified atom stereocenters. The molecule has 3 heteroatoms. The van der Waals surface area contributed by atoms with Gasteiger partial charge in [0, 0.05) is 6.61 Å². The second-order valence-corrected chi connectivity index (χ2v) is 3.17. The van der Waals surface area contributed by atoms with Crippen molar-refractivity contribution < 1.29 is 9.84 Å². The summed E-state index contributed by atoms with van der Waals surface area (Å²) in [6, 6.07) is 0. The van der Waals surface area contributed by atoms with Gasteiger partial charge in [0.15, 0.2) is 0 Å². The van der Waals surface area contributed by atoms with Gasteiger partial charge in [-0.15, -0.1) is 11.6 Å². The van der Waals surface area contributed by atoms with Gasteiger partial charge in [0.1, 0.15) is 0 Å². The smallest absolute Gasteiger partial charge is 0.0908 e. The zero-order valence-corrected chi connectivity index (χ0v) is 7.97. The predicted molar refractivity (Wildman–Crippen MR) is 47.0 cm³/mol. The summed E-state index contributed by atoms with van der Waals surface area (Å²) in [6.45, 7) is 5.30. The number of halogens is 1. The SMILES string of the molecule is CC[C@@H](C)COC[C@@H](O)CCl. The largest absolute Gasteiger partial charge is 0.389 e. The van der Waals surface area contributed by atoms with Crippen molar-refractivity contribution in [1.29, 1.82) is 0 Å². The van der Waals surface area contributed by atoms with Crippen molar-refractivity contribution in [2.45, 2.75) is 26.4 Å². The van der Waals surface area contributed by atoms with Crippen molar-refractivity contribution in [3.63, 3.8) is 0 Å². The van der Waals surface area contributed by atoms with E-state index < -0.39 is 6.10 Å². The fraction of sp³-hybridized carbons (Fsp3) is 1.00. The number of rotatable bonds is 6. The first-order chi connectivity index (χ1) is 5.20. The lowest BCUT2D eigenvalue weighted by atomic mass is 10.1. The summed E-state index contributed by atoms with van der Waals surface area (Å²) in [4.78, 5) is 0. The average Bonchev–Trinajstić information content (AvgIpc) is 2.04. The molecule has 0 spiro atoms. The van der Waals surface area contributed by atoms with Gasteiger partial charge < -0.3 is 9.84 Å². The Morgan fingerprint density at radius 2 is 2.09 bits per heavy atom. The van der Waals surface area contributed by atoms with Crippen molar-refractivity contribution in [3.05, 3.63) is 0 Å². The molecule has 0 aliphatic heterocycles. The van der Waals surface area contributed by atoms with Crippen LogP contribution in [0.25, 0.3) is 0 Å². The summed E-state index contributed by atoms with van der Waals surface area (Å²) in [5.74, 6) is 0.818. The van der Waals surface area contributed by atoms with Crippen LogP contribution in [0.1, 0.15) is 20.3 Å². The first-order valence-corrected chi connectivity index (χ1v) is 4.55. The molecule has 0 rings (SSSR count). The molecular weight excluding hydrogens is 164 g/mol. The minimum Gasteiger partial charge on any atom is -0.389 e. The number of alkyl halides is 1. The topological polar surface area (TPSA) is 29.5 Å². The van der Waals surface area contributed by atoms with Crippen molar-refractivity contribution in [2.24, 2.45) is 5.92 Å². The molecule has 11 heavy (non-hydrogen) atoms. The molecule has 0 fully saturated rings. The Morgan fingerprint density at radius 1 is 1.45 bits per heavy atom. The van der Waals surface area contributed by atoms with Crippen molar-refractivity contribution >= 4 is 11.6 Å². The first kappa shape index (κ1) is 11.2. The maximum Gasteiger partial charge on any atom is 0.0908 e. The Bertz CT molecular complexity index is 78.2. The standard InChI is InChI=1S/C8H17ClO2/c1-3-7(2)5-11-6-8(10)4-9/h7-8,10H,3-6H2,1-2H3/t7-,8+/m1/s1. The Hall–Kier alpha value is 0.210. The summed E-state index contributed by atoms with van der Waals surface area (Å²) in [5, 5.41) is 8.99. The molecule has 0 amide bonds. The van der Waals surface area contributed by atoms with E-state index in [0.717, 1.165) is 6.42 Å². The molecule has 0 aromatic rings. The Kier molecular flexibility index (Phi) is 7.02. The van der Waals surface area contributed by atoms with Gasteiger partial charge in [0.25, 0.3) is 0 Å². The van der Waals surface area contributed by atoms with E-state index in [4.69, 9.17) is 21.4 Å². The zero-order valence-electron chi connectivity index (χ0n) is 7.22. The number of aliphatic hydroxyl groups excluding tert-OH is 1. The van der Waals surface area contributed by atoms with E-state index in [2.05, 4.69) is 13.8 Å². The highest BCUT2D eigenvalue weighted by molar-refractivity contribution is 6.18. The second-order valence-electron chi connectivity index (χ2n) is 2.86. The van der Waals surface area contributed by atoms with Crippen LogP contribution < -0.4 is 0 Å². The molecule has 0 heterocycles. The maximum atomic E-state index is 8.99. The highest BCUT2D eigenvalue weighted by Gasteiger charge is 2.03. The normalized spacial score (nSPS) is 16.4. The Labute approximate surface area is 73.5 Å². The van der Waals surface area contributed by atoms with E-state index in [9.17, 15) is 0 Å². The fourth-order valence-corrected chi connectivity index (χ4v) is 0.657. The highest BCUT2D eigenvalue weighted by atomic mass is 35.5. The van der Waals surface area contributed by atoms with Gasteiger partial charge in [-0.25, -0.2) is 0 Å². The van der Waals surface area contributed by atoms with Gasteiger partial charge in [0.05, 0.1) is 18.6 Å². The van der Waals surface area contributed by atoms with E-state index in [1.165, 1.54) is 0 Å². The lowest BCUT2D eigenvalue weighted by Crippen LogP contribution is -2.18. The lowest BCUT2D eigenvalue weighted by Gasteiger charge is -2.11. The summed E-state index contributed by atoms with van der Waals surface area (Å²) >= 11 is 5.37. The number of ether oxygens (including phenoxy) is 1. The van der Waals surface area contributed by atoms with Crippen LogP contribution in [0.15, 0.2) is 0 Å². The molecule has 0 aromatic heterocycles. The van der Waals surface area contributed by atoms with E-state index in [0.29, 0.717) is 19.1 Å². The predicted octanol–water partition coefficient (Wildman–Crippen LogP) is 1.65. The summed E-state index contributed by atoms with van der Waals surface area (Å²) < 4.78 is 5.20. The molecule has 0 radical (unpaired) electrons. The van der Waals surface area contributed by atoms with Crippen LogP contribution in [-0.4, -0.2) is 30.3 Å². The monoisotopic (exact) mass is 180 g/mol.